The quantitative estimate of drug-likeness (QED) is 0.579. The summed E-state index contributed by atoms with van der Waals surface area (Å²) in [7, 11) is 0. The van der Waals surface area contributed by atoms with Gasteiger partial charge in [-0.3, -0.25) is 0 Å². The van der Waals surface area contributed by atoms with E-state index in [1.165, 1.54) is 6.07 Å². The molecule has 7 heteroatoms. The molecule has 1 aromatic heterocycles. The molecular weight excluding hydrogens is 292 g/mol. The van der Waals surface area contributed by atoms with E-state index in [9.17, 15) is 9.59 Å². The highest BCUT2D eigenvalue weighted by Crippen LogP contribution is 2.15. The minimum atomic E-state index is -0.946. The summed E-state index contributed by atoms with van der Waals surface area (Å²) < 4.78 is 5.38. The summed E-state index contributed by atoms with van der Waals surface area (Å²) in [6.07, 6.45) is 2.96. The fraction of sp³-hybridized carbons (Fsp3) is 0.571. The van der Waals surface area contributed by atoms with Crippen molar-refractivity contribution >= 4 is 23.3 Å². The van der Waals surface area contributed by atoms with Crippen molar-refractivity contribution in [2.24, 2.45) is 0 Å². The molecule has 1 aromatic rings. The maximum absolute atomic E-state index is 11.5. The molecule has 0 bridgehead atoms. The van der Waals surface area contributed by atoms with Gasteiger partial charge in [-0.2, -0.15) is 0 Å². The Labute approximate surface area is 128 Å². The van der Waals surface area contributed by atoms with Crippen molar-refractivity contribution in [3.05, 3.63) is 21.9 Å². The summed E-state index contributed by atoms with van der Waals surface area (Å²) in [4.78, 5) is 23.3. The van der Waals surface area contributed by atoms with Gasteiger partial charge in [0.15, 0.2) is 0 Å². The third kappa shape index (κ3) is 7.67. The fourth-order valence-corrected chi connectivity index (χ4v) is 2.33. The van der Waals surface area contributed by atoms with Crippen LogP contribution in [0, 0.1) is 0 Å². The molecule has 0 atom stereocenters. The van der Waals surface area contributed by atoms with Crippen LogP contribution in [0.25, 0.3) is 0 Å². The number of thiophene rings is 1. The second-order valence-corrected chi connectivity index (χ2v) is 5.67. The van der Waals surface area contributed by atoms with Crippen molar-refractivity contribution in [3.63, 3.8) is 0 Å². The summed E-state index contributed by atoms with van der Waals surface area (Å²) in [6, 6.07) is 2.99. The molecule has 3 N–H and O–H groups in total. The van der Waals surface area contributed by atoms with E-state index in [4.69, 9.17) is 9.84 Å². The second kappa shape index (κ2) is 10.2. The minimum Gasteiger partial charge on any atom is -0.477 e. The van der Waals surface area contributed by atoms with Crippen molar-refractivity contribution in [2.45, 2.75) is 32.7 Å². The molecule has 0 aliphatic heterocycles. The number of rotatable bonds is 10. The third-order valence-electron chi connectivity index (χ3n) is 2.69. The molecule has 21 heavy (non-hydrogen) atoms. The smallest absolute Gasteiger partial charge is 0.345 e. The summed E-state index contributed by atoms with van der Waals surface area (Å²) in [5.74, 6) is -0.946. The van der Waals surface area contributed by atoms with Crippen molar-refractivity contribution in [1.82, 2.24) is 10.6 Å². The van der Waals surface area contributed by atoms with Crippen molar-refractivity contribution in [3.8, 4) is 0 Å². The van der Waals surface area contributed by atoms with Crippen molar-refractivity contribution in [1.29, 1.82) is 0 Å². The van der Waals surface area contributed by atoms with Gasteiger partial charge >= 0.3 is 12.0 Å². The molecule has 0 unspecified atom stereocenters. The molecule has 0 aliphatic carbocycles. The first-order chi connectivity index (χ1) is 10.1. The highest BCUT2D eigenvalue weighted by molar-refractivity contribution is 7.13. The lowest BCUT2D eigenvalue weighted by Gasteiger charge is -2.07. The van der Waals surface area contributed by atoms with Crippen LogP contribution in [0.1, 0.15) is 40.7 Å². The molecule has 0 saturated heterocycles. The Bertz CT molecular complexity index is 448. The monoisotopic (exact) mass is 314 g/mol. The van der Waals surface area contributed by atoms with Gasteiger partial charge in [-0.05, 0) is 25.0 Å². The van der Waals surface area contributed by atoms with E-state index < -0.39 is 5.97 Å². The molecule has 0 aromatic carbocycles. The number of nitrogens with one attached hydrogen (secondary N) is 2. The van der Waals surface area contributed by atoms with Gasteiger partial charge < -0.3 is 20.5 Å². The number of carbonyl (C=O) groups excluding carboxylic acids is 1. The van der Waals surface area contributed by atoms with Crippen LogP contribution in [0.5, 0.6) is 0 Å². The zero-order valence-corrected chi connectivity index (χ0v) is 13.0. The largest absolute Gasteiger partial charge is 0.477 e. The van der Waals surface area contributed by atoms with Gasteiger partial charge in [0.25, 0.3) is 0 Å². The van der Waals surface area contributed by atoms with E-state index in [-0.39, 0.29) is 10.9 Å². The van der Waals surface area contributed by atoms with Gasteiger partial charge in [0.1, 0.15) is 4.88 Å². The number of aromatic carboxylic acids is 1. The first-order valence-corrected chi connectivity index (χ1v) is 7.86. The van der Waals surface area contributed by atoms with Crippen LogP contribution < -0.4 is 10.6 Å². The standard InChI is InChI=1S/C14H22N2O4S/c1-2-3-8-20-9-4-7-15-14(19)16-10-11-5-6-12(21-11)13(17)18/h5-6H,2-4,7-10H2,1H3,(H,17,18)(H2,15,16,19). The van der Waals surface area contributed by atoms with Gasteiger partial charge in [-0.15, -0.1) is 11.3 Å². The van der Waals surface area contributed by atoms with Crippen LogP contribution in [-0.4, -0.2) is 36.9 Å². The number of amides is 2. The summed E-state index contributed by atoms with van der Waals surface area (Å²) in [6.45, 7) is 4.42. The zero-order chi connectivity index (χ0) is 15.5. The first kappa shape index (κ1) is 17.5. The van der Waals surface area contributed by atoms with Gasteiger partial charge in [0, 0.05) is 24.6 Å². The topological polar surface area (TPSA) is 87.7 Å². The molecule has 0 saturated carbocycles. The van der Waals surface area contributed by atoms with Crippen LogP contribution in [0.2, 0.25) is 0 Å². The lowest BCUT2D eigenvalue weighted by atomic mass is 10.4. The molecule has 0 fully saturated rings. The number of unbranched alkanes of at least 4 members (excludes halogenated alkanes) is 1. The summed E-state index contributed by atoms with van der Waals surface area (Å²) in [5, 5.41) is 14.2. The SMILES string of the molecule is CCCCOCCCNC(=O)NCc1ccc(C(=O)O)s1. The number of carbonyl (C=O) groups is 2. The van der Waals surface area contributed by atoms with E-state index in [1.807, 2.05) is 0 Å². The van der Waals surface area contributed by atoms with Crippen LogP contribution >= 0.6 is 11.3 Å². The normalized spacial score (nSPS) is 10.3. The predicted octanol–water partition coefficient (Wildman–Crippen LogP) is 2.45. The molecule has 1 heterocycles. The van der Waals surface area contributed by atoms with Gasteiger partial charge in [-0.1, -0.05) is 13.3 Å². The molecule has 0 spiro atoms. The average molecular weight is 314 g/mol. The minimum absolute atomic E-state index is 0.256. The second-order valence-electron chi connectivity index (χ2n) is 4.50. The molecule has 0 aliphatic rings. The number of hydrogen-bond donors (Lipinski definition) is 3. The van der Waals surface area contributed by atoms with Crippen molar-refractivity contribution < 1.29 is 19.4 Å². The zero-order valence-electron chi connectivity index (χ0n) is 12.2. The van der Waals surface area contributed by atoms with Gasteiger partial charge in [-0.25, -0.2) is 9.59 Å². The van der Waals surface area contributed by atoms with E-state index in [0.717, 1.165) is 42.1 Å². The molecule has 118 valence electrons. The van der Waals surface area contributed by atoms with Gasteiger partial charge in [0.05, 0.1) is 6.54 Å². The number of carboxylic acids is 1. The molecular formula is C14H22N2O4S. The highest BCUT2D eigenvalue weighted by Gasteiger charge is 2.07. The Kier molecular flexibility index (Phi) is 8.45. The Hall–Kier alpha value is -1.60. The molecule has 1 rings (SSSR count). The number of hydrogen-bond acceptors (Lipinski definition) is 4. The van der Waals surface area contributed by atoms with Crippen LogP contribution in [0.4, 0.5) is 4.79 Å². The van der Waals surface area contributed by atoms with Crippen LogP contribution in [-0.2, 0) is 11.3 Å². The average Bonchev–Trinajstić information content (AvgIpc) is 2.93. The number of urea groups is 1. The highest BCUT2D eigenvalue weighted by atomic mass is 32.1. The molecule has 2 amide bonds. The van der Waals surface area contributed by atoms with Gasteiger partial charge in [0.2, 0.25) is 0 Å². The predicted molar refractivity (Wildman–Crippen MR) is 81.9 cm³/mol. The van der Waals surface area contributed by atoms with Crippen LogP contribution in [0.3, 0.4) is 0 Å². The summed E-state index contributed by atoms with van der Waals surface area (Å²) >= 11 is 1.16. The van der Waals surface area contributed by atoms with E-state index in [2.05, 4.69) is 17.6 Å². The lowest BCUT2D eigenvalue weighted by Crippen LogP contribution is -2.35. The number of carboxylic acid groups (broad SMARTS) is 1. The van der Waals surface area contributed by atoms with E-state index >= 15 is 0 Å². The van der Waals surface area contributed by atoms with E-state index in [1.54, 1.807) is 6.07 Å². The van der Waals surface area contributed by atoms with E-state index in [0.29, 0.717) is 19.7 Å². The Morgan fingerprint density at radius 1 is 1.24 bits per heavy atom. The fourth-order valence-electron chi connectivity index (χ4n) is 1.54. The lowest BCUT2D eigenvalue weighted by molar-refractivity contribution is 0.0702. The Morgan fingerprint density at radius 2 is 2.00 bits per heavy atom. The molecule has 0 radical (unpaired) electrons. The Morgan fingerprint density at radius 3 is 2.67 bits per heavy atom. The first-order valence-electron chi connectivity index (χ1n) is 7.05. The Balaban J connectivity index is 2.06. The maximum Gasteiger partial charge on any atom is 0.345 e. The number of ether oxygens (including phenoxy) is 1. The van der Waals surface area contributed by atoms with Crippen molar-refractivity contribution in [2.75, 3.05) is 19.8 Å². The summed E-state index contributed by atoms with van der Waals surface area (Å²) in [5.41, 5.74) is 0. The molecule has 6 nitrogen and oxygen atoms in total. The maximum atomic E-state index is 11.5. The third-order valence-corrected chi connectivity index (χ3v) is 3.76. The van der Waals surface area contributed by atoms with Crippen LogP contribution in [0.15, 0.2) is 12.1 Å².